The average Bonchev–Trinajstić information content (AvgIpc) is 2.86. The summed E-state index contributed by atoms with van der Waals surface area (Å²) in [5.74, 6) is 2.15. The van der Waals surface area contributed by atoms with Gasteiger partial charge in [0.05, 0.1) is 18.8 Å². The van der Waals surface area contributed by atoms with Crippen LogP contribution in [-0.2, 0) is 0 Å². The average molecular weight is 274 g/mol. The molecule has 0 fully saturated rings. The maximum absolute atomic E-state index is 12.0. The maximum Gasteiger partial charge on any atom is 0.319 e. The van der Waals surface area contributed by atoms with Crippen molar-refractivity contribution in [1.29, 1.82) is 0 Å². The lowest BCUT2D eigenvalue weighted by Crippen LogP contribution is -2.31. The molecule has 2 N–H and O–H groups in total. The van der Waals surface area contributed by atoms with Crippen LogP contribution in [0.15, 0.2) is 40.8 Å². The number of ether oxygens (including phenoxy) is 1. The highest BCUT2D eigenvalue weighted by Crippen LogP contribution is 2.23. The summed E-state index contributed by atoms with van der Waals surface area (Å²) in [7, 11) is 1.56. The molecule has 0 spiro atoms. The highest BCUT2D eigenvalue weighted by molar-refractivity contribution is 5.91. The van der Waals surface area contributed by atoms with Crippen molar-refractivity contribution in [3.05, 3.63) is 47.9 Å². The van der Waals surface area contributed by atoms with Crippen molar-refractivity contribution < 1.29 is 13.9 Å². The van der Waals surface area contributed by atoms with Crippen LogP contribution in [0, 0.1) is 6.92 Å². The van der Waals surface area contributed by atoms with Crippen LogP contribution < -0.4 is 15.4 Å². The number of rotatable bonds is 4. The third-order valence-corrected chi connectivity index (χ3v) is 2.89. The molecule has 1 aromatic carbocycles. The molecule has 0 aliphatic rings. The highest BCUT2D eigenvalue weighted by Gasteiger charge is 2.13. The minimum absolute atomic E-state index is 0.210. The van der Waals surface area contributed by atoms with Crippen LogP contribution in [-0.4, -0.2) is 13.1 Å². The van der Waals surface area contributed by atoms with Gasteiger partial charge in [0.15, 0.2) is 0 Å². The predicted octanol–water partition coefficient (Wildman–Crippen LogP) is 3.48. The van der Waals surface area contributed by atoms with Gasteiger partial charge in [-0.3, -0.25) is 0 Å². The lowest BCUT2D eigenvalue weighted by molar-refractivity contribution is 0.247. The largest absolute Gasteiger partial charge is 0.495 e. The number of benzene rings is 1. The lowest BCUT2D eigenvalue weighted by atomic mass is 10.2. The standard InChI is InChI=1S/C15H18N2O3/c1-10-8-9-13(20-10)11(2)16-15(18)17-12-6-4-5-7-14(12)19-3/h4-9,11H,1-3H3,(H2,16,17,18)/t11-/m1/s1. The van der Waals surface area contributed by atoms with Gasteiger partial charge in [0.25, 0.3) is 0 Å². The van der Waals surface area contributed by atoms with E-state index in [1.807, 2.05) is 38.1 Å². The van der Waals surface area contributed by atoms with Crippen molar-refractivity contribution in [2.24, 2.45) is 0 Å². The molecule has 0 saturated heterocycles. The summed E-state index contributed by atoms with van der Waals surface area (Å²) in [6.45, 7) is 3.73. The second-order valence-corrected chi connectivity index (χ2v) is 4.47. The predicted molar refractivity (Wildman–Crippen MR) is 77.0 cm³/mol. The van der Waals surface area contributed by atoms with Crippen LogP contribution in [0.3, 0.4) is 0 Å². The monoisotopic (exact) mass is 274 g/mol. The second-order valence-electron chi connectivity index (χ2n) is 4.47. The summed E-state index contributed by atoms with van der Waals surface area (Å²) < 4.78 is 10.7. The molecule has 2 aromatic rings. The minimum atomic E-state index is -0.309. The third kappa shape index (κ3) is 3.32. The SMILES string of the molecule is COc1ccccc1NC(=O)N[C@H](C)c1ccc(C)o1. The Labute approximate surface area is 117 Å². The summed E-state index contributed by atoms with van der Waals surface area (Å²) in [5, 5.41) is 5.56. The van der Waals surface area contributed by atoms with Gasteiger partial charge in [0.2, 0.25) is 0 Å². The van der Waals surface area contributed by atoms with Gasteiger partial charge in [-0.1, -0.05) is 12.1 Å². The fourth-order valence-electron chi connectivity index (χ4n) is 1.86. The van der Waals surface area contributed by atoms with Crippen LogP contribution in [0.4, 0.5) is 10.5 Å². The number of para-hydroxylation sites is 2. The number of methoxy groups -OCH3 is 1. The van der Waals surface area contributed by atoms with Crippen LogP contribution in [0.5, 0.6) is 5.75 Å². The Morgan fingerprint density at radius 1 is 1.25 bits per heavy atom. The van der Waals surface area contributed by atoms with Crippen LogP contribution >= 0.6 is 0 Å². The molecular formula is C15H18N2O3. The van der Waals surface area contributed by atoms with E-state index in [4.69, 9.17) is 9.15 Å². The topological polar surface area (TPSA) is 63.5 Å². The molecule has 0 saturated carbocycles. The van der Waals surface area contributed by atoms with Crippen LogP contribution in [0.1, 0.15) is 24.5 Å². The first kappa shape index (κ1) is 14.0. The number of furan rings is 1. The molecule has 0 aliphatic heterocycles. The van der Waals surface area contributed by atoms with E-state index in [1.165, 1.54) is 0 Å². The Morgan fingerprint density at radius 2 is 2.00 bits per heavy atom. The van der Waals surface area contributed by atoms with E-state index in [2.05, 4.69) is 10.6 Å². The first-order chi connectivity index (χ1) is 9.60. The molecule has 2 amide bonds. The molecule has 5 nitrogen and oxygen atoms in total. The van der Waals surface area contributed by atoms with Crippen molar-refractivity contribution in [2.45, 2.75) is 19.9 Å². The number of hydrogen-bond acceptors (Lipinski definition) is 3. The first-order valence-electron chi connectivity index (χ1n) is 6.37. The summed E-state index contributed by atoms with van der Waals surface area (Å²) in [4.78, 5) is 12.0. The molecule has 5 heteroatoms. The van der Waals surface area contributed by atoms with E-state index in [9.17, 15) is 4.79 Å². The van der Waals surface area contributed by atoms with Gasteiger partial charge in [0, 0.05) is 0 Å². The fraction of sp³-hybridized carbons (Fsp3) is 0.267. The zero-order valence-electron chi connectivity index (χ0n) is 11.8. The number of amides is 2. The smallest absolute Gasteiger partial charge is 0.319 e. The molecule has 0 bridgehead atoms. The van der Waals surface area contributed by atoms with Crippen LogP contribution in [0.2, 0.25) is 0 Å². The second kappa shape index (κ2) is 6.14. The number of urea groups is 1. The van der Waals surface area contributed by atoms with Crippen LogP contribution in [0.25, 0.3) is 0 Å². The lowest BCUT2D eigenvalue weighted by Gasteiger charge is -2.14. The van der Waals surface area contributed by atoms with Crippen molar-refractivity contribution >= 4 is 11.7 Å². The Morgan fingerprint density at radius 3 is 2.65 bits per heavy atom. The third-order valence-electron chi connectivity index (χ3n) is 2.89. The highest BCUT2D eigenvalue weighted by atomic mass is 16.5. The summed E-state index contributed by atoms with van der Waals surface area (Å²) in [6, 6.07) is 10.4. The van der Waals surface area contributed by atoms with Crippen molar-refractivity contribution in [1.82, 2.24) is 5.32 Å². The Bertz CT molecular complexity index is 592. The summed E-state index contributed by atoms with van der Waals surface area (Å²) in [5.41, 5.74) is 0.621. The van der Waals surface area contributed by atoms with E-state index >= 15 is 0 Å². The van der Waals surface area contributed by atoms with Gasteiger partial charge in [-0.2, -0.15) is 0 Å². The van der Waals surface area contributed by atoms with Gasteiger partial charge < -0.3 is 19.8 Å². The molecule has 2 rings (SSSR count). The molecule has 20 heavy (non-hydrogen) atoms. The van der Waals surface area contributed by atoms with Gasteiger partial charge in [-0.15, -0.1) is 0 Å². The molecule has 1 aromatic heterocycles. The number of nitrogens with one attached hydrogen (secondary N) is 2. The van der Waals surface area contributed by atoms with Gasteiger partial charge in [0.1, 0.15) is 17.3 Å². The number of anilines is 1. The summed E-state index contributed by atoms with van der Waals surface area (Å²) in [6.07, 6.45) is 0. The number of hydrogen-bond donors (Lipinski definition) is 2. The quantitative estimate of drug-likeness (QED) is 0.897. The minimum Gasteiger partial charge on any atom is -0.495 e. The van der Waals surface area contributed by atoms with Gasteiger partial charge >= 0.3 is 6.03 Å². The van der Waals surface area contributed by atoms with E-state index < -0.39 is 0 Å². The zero-order valence-corrected chi connectivity index (χ0v) is 11.8. The van der Waals surface area contributed by atoms with Crippen molar-refractivity contribution in [3.63, 3.8) is 0 Å². The Hall–Kier alpha value is -2.43. The van der Waals surface area contributed by atoms with Gasteiger partial charge in [-0.25, -0.2) is 4.79 Å². The normalized spacial score (nSPS) is 11.8. The van der Waals surface area contributed by atoms with E-state index in [1.54, 1.807) is 19.2 Å². The molecule has 0 unspecified atom stereocenters. The number of aryl methyl sites for hydroxylation is 1. The molecule has 0 aliphatic carbocycles. The van der Waals surface area contributed by atoms with E-state index in [0.717, 1.165) is 11.5 Å². The molecule has 106 valence electrons. The molecule has 1 atom stereocenters. The molecule has 1 heterocycles. The maximum atomic E-state index is 12.0. The zero-order chi connectivity index (χ0) is 14.5. The number of carbonyl (C=O) groups excluding carboxylic acids is 1. The fourth-order valence-corrected chi connectivity index (χ4v) is 1.86. The van der Waals surface area contributed by atoms with Gasteiger partial charge in [-0.05, 0) is 38.1 Å². The van der Waals surface area contributed by atoms with E-state index in [0.29, 0.717) is 11.4 Å². The molecular weight excluding hydrogens is 256 g/mol. The first-order valence-corrected chi connectivity index (χ1v) is 6.37. The Kier molecular flexibility index (Phi) is 4.30. The summed E-state index contributed by atoms with van der Waals surface area (Å²) >= 11 is 0. The number of carbonyl (C=O) groups is 1. The van der Waals surface area contributed by atoms with Crippen molar-refractivity contribution in [2.75, 3.05) is 12.4 Å². The Balaban J connectivity index is 1.98. The van der Waals surface area contributed by atoms with E-state index in [-0.39, 0.29) is 12.1 Å². The van der Waals surface area contributed by atoms with Crippen molar-refractivity contribution in [3.8, 4) is 5.75 Å². The molecule has 0 radical (unpaired) electrons.